The summed E-state index contributed by atoms with van der Waals surface area (Å²) in [4.78, 5) is 21.6. The summed E-state index contributed by atoms with van der Waals surface area (Å²) >= 11 is 5.81. The van der Waals surface area contributed by atoms with Gasteiger partial charge in [0.1, 0.15) is 12.4 Å². The average molecular weight is 398 g/mol. The Labute approximate surface area is 168 Å². The minimum Gasteiger partial charge on any atom is -0.488 e. The van der Waals surface area contributed by atoms with Gasteiger partial charge in [0.05, 0.1) is 11.1 Å². The van der Waals surface area contributed by atoms with Gasteiger partial charge in [0.2, 0.25) is 0 Å². The van der Waals surface area contributed by atoms with Gasteiger partial charge in [0.15, 0.2) is 0 Å². The monoisotopic (exact) mass is 397 g/mol. The van der Waals surface area contributed by atoms with Gasteiger partial charge in [0.25, 0.3) is 5.91 Å². The number of halogens is 1. The van der Waals surface area contributed by atoms with Crippen LogP contribution in [0.15, 0.2) is 72.8 Å². The van der Waals surface area contributed by atoms with Gasteiger partial charge < -0.3 is 15.6 Å². The molecule has 0 aliphatic rings. The Kier molecular flexibility index (Phi) is 7.60. The van der Waals surface area contributed by atoms with Crippen molar-refractivity contribution >= 4 is 23.5 Å². The first-order valence-electron chi connectivity index (χ1n) is 8.43. The second-order valence-corrected chi connectivity index (χ2v) is 6.39. The zero-order valence-electron chi connectivity index (χ0n) is 15.3. The minimum atomic E-state index is -0.875. The van der Waals surface area contributed by atoms with Crippen LogP contribution in [-0.4, -0.2) is 17.0 Å². The topological polar surface area (TPSA) is 89.6 Å². The normalized spacial score (nSPS) is 9.79. The van der Waals surface area contributed by atoms with Crippen molar-refractivity contribution in [2.24, 2.45) is 5.73 Å². The summed E-state index contributed by atoms with van der Waals surface area (Å²) < 4.78 is 5.58. The van der Waals surface area contributed by atoms with Gasteiger partial charge in [-0.05, 0) is 42.8 Å². The fourth-order valence-corrected chi connectivity index (χ4v) is 2.42. The molecule has 3 N–H and O–H groups in total. The lowest BCUT2D eigenvalue weighted by Crippen LogP contribution is -2.13. The Morgan fingerprint density at radius 2 is 1.64 bits per heavy atom. The van der Waals surface area contributed by atoms with Crippen LogP contribution < -0.4 is 10.5 Å². The molecule has 0 heterocycles. The average Bonchev–Trinajstić information content (AvgIpc) is 2.68. The lowest BCUT2D eigenvalue weighted by Gasteiger charge is -2.09. The highest BCUT2D eigenvalue weighted by Crippen LogP contribution is 2.23. The number of aromatic carboxylic acids is 1. The maximum Gasteiger partial charge on any atom is 0.335 e. The summed E-state index contributed by atoms with van der Waals surface area (Å²) in [6, 6.07) is 21.2. The summed E-state index contributed by atoms with van der Waals surface area (Å²) in [6.07, 6.45) is 0. The first-order chi connectivity index (χ1) is 13.4. The Hall–Kier alpha value is -3.31. The number of carbonyl (C=O) groups is 2. The van der Waals surface area contributed by atoms with Gasteiger partial charge >= 0.3 is 5.97 Å². The molecule has 144 valence electrons. The highest BCUT2D eigenvalue weighted by molar-refractivity contribution is 6.31. The van der Waals surface area contributed by atoms with E-state index >= 15 is 0 Å². The number of carbonyl (C=O) groups excluding carboxylic acids is 1. The van der Waals surface area contributed by atoms with Crippen LogP contribution in [-0.2, 0) is 6.61 Å². The standard InChI is InChI=1S/C14H12ClNO2.C8H8O2/c15-11-6-7-13(12(8-11)14(16)17)18-9-10-4-2-1-3-5-10;1-6-2-4-7(5-3-6)8(9)10/h1-8H,9H2,(H2,16,17);2-5H,1H3,(H,9,10). The molecule has 5 nitrogen and oxygen atoms in total. The van der Waals surface area contributed by atoms with E-state index in [0.717, 1.165) is 11.1 Å². The second-order valence-electron chi connectivity index (χ2n) is 5.95. The quantitative estimate of drug-likeness (QED) is 0.652. The molecule has 0 aliphatic carbocycles. The molecule has 3 aromatic carbocycles. The number of rotatable bonds is 5. The van der Waals surface area contributed by atoms with Crippen molar-refractivity contribution < 1.29 is 19.4 Å². The molecular weight excluding hydrogens is 378 g/mol. The van der Waals surface area contributed by atoms with Crippen molar-refractivity contribution in [2.45, 2.75) is 13.5 Å². The molecule has 0 fully saturated rings. The fraction of sp³-hybridized carbons (Fsp3) is 0.0909. The van der Waals surface area contributed by atoms with Crippen LogP contribution in [0, 0.1) is 6.92 Å². The van der Waals surface area contributed by atoms with Gasteiger partial charge in [-0.3, -0.25) is 4.79 Å². The van der Waals surface area contributed by atoms with Crippen molar-refractivity contribution in [3.8, 4) is 5.75 Å². The molecule has 0 atom stereocenters. The molecule has 0 spiro atoms. The second kappa shape index (κ2) is 10.1. The molecule has 0 unspecified atom stereocenters. The number of ether oxygens (including phenoxy) is 1. The van der Waals surface area contributed by atoms with E-state index in [0.29, 0.717) is 28.5 Å². The van der Waals surface area contributed by atoms with E-state index in [-0.39, 0.29) is 0 Å². The molecule has 6 heteroatoms. The fourth-order valence-electron chi connectivity index (χ4n) is 2.25. The maximum atomic E-state index is 11.3. The number of benzene rings is 3. The number of hydrogen-bond acceptors (Lipinski definition) is 3. The molecule has 0 aromatic heterocycles. The van der Waals surface area contributed by atoms with Crippen LogP contribution in [0.25, 0.3) is 0 Å². The number of primary amides is 1. The lowest BCUT2D eigenvalue weighted by molar-refractivity contribution is 0.0696. The van der Waals surface area contributed by atoms with Gasteiger partial charge in [-0.25, -0.2) is 4.79 Å². The van der Waals surface area contributed by atoms with Crippen molar-refractivity contribution in [3.05, 3.63) is 100 Å². The van der Waals surface area contributed by atoms with E-state index in [9.17, 15) is 9.59 Å². The third kappa shape index (κ3) is 6.45. The van der Waals surface area contributed by atoms with E-state index < -0.39 is 11.9 Å². The lowest BCUT2D eigenvalue weighted by atomic mass is 10.2. The number of aryl methyl sites for hydroxylation is 1. The van der Waals surface area contributed by atoms with E-state index in [1.165, 1.54) is 6.07 Å². The summed E-state index contributed by atoms with van der Waals surface area (Å²) in [5, 5.41) is 8.93. The van der Waals surface area contributed by atoms with Crippen molar-refractivity contribution in [1.82, 2.24) is 0 Å². The van der Waals surface area contributed by atoms with Crippen molar-refractivity contribution in [2.75, 3.05) is 0 Å². The Balaban J connectivity index is 0.000000237. The minimum absolute atomic E-state index is 0.290. The third-order valence-corrected chi connectivity index (χ3v) is 3.98. The van der Waals surface area contributed by atoms with E-state index in [1.54, 1.807) is 36.4 Å². The molecular formula is C22H20ClNO4. The third-order valence-electron chi connectivity index (χ3n) is 3.74. The van der Waals surface area contributed by atoms with Crippen LogP contribution >= 0.6 is 11.6 Å². The van der Waals surface area contributed by atoms with E-state index in [2.05, 4.69) is 0 Å². The number of hydrogen-bond donors (Lipinski definition) is 2. The van der Waals surface area contributed by atoms with Crippen molar-refractivity contribution in [3.63, 3.8) is 0 Å². The summed E-state index contributed by atoms with van der Waals surface area (Å²) in [7, 11) is 0. The number of carboxylic acids is 1. The molecule has 3 aromatic rings. The van der Waals surface area contributed by atoms with Crippen LogP contribution in [0.5, 0.6) is 5.75 Å². The van der Waals surface area contributed by atoms with Crippen molar-refractivity contribution in [1.29, 1.82) is 0 Å². The highest BCUT2D eigenvalue weighted by Gasteiger charge is 2.10. The highest BCUT2D eigenvalue weighted by atomic mass is 35.5. The van der Waals surface area contributed by atoms with E-state index in [1.807, 2.05) is 37.3 Å². The van der Waals surface area contributed by atoms with Crippen LogP contribution in [0.1, 0.15) is 31.8 Å². The molecule has 0 saturated heterocycles. The molecule has 0 radical (unpaired) electrons. The Bertz CT molecular complexity index is 941. The van der Waals surface area contributed by atoms with Gasteiger partial charge in [-0.2, -0.15) is 0 Å². The first kappa shape index (κ1) is 21.0. The zero-order valence-corrected chi connectivity index (χ0v) is 16.0. The number of amides is 1. The van der Waals surface area contributed by atoms with Crippen LogP contribution in [0.4, 0.5) is 0 Å². The van der Waals surface area contributed by atoms with Gasteiger partial charge in [0, 0.05) is 5.02 Å². The Morgan fingerprint density at radius 3 is 2.21 bits per heavy atom. The number of carboxylic acid groups (broad SMARTS) is 1. The summed E-state index contributed by atoms with van der Waals surface area (Å²) in [5.41, 5.74) is 7.99. The molecule has 0 saturated carbocycles. The largest absolute Gasteiger partial charge is 0.488 e. The zero-order chi connectivity index (χ0) is 20.5. The number of nitrogens with two attached hydrogens (primary N) is 1. The molecule has 0 bridgehead atoms. The predicted molar refractivity (Wildman–Crippen MR) is 109 cm³/mol. The SMILES string of the molecule is Cc1ccc(C(=O)O)cc1.NC(=O)c1cc(Cl)ccc1OCc1ccccc1. The van der Waals surface area contributed by atoms with Gasteiger partial charge in [-0.1, -0.05) is 59.6 Å². The summed E-state index contributed by atoms with van der Waals surface area (Å²) in [6.45, 7) is 2.30. The maximum absolute atomic E-state index is 11.3. The van der Waals surface area contributed by atoms with Gasteiger partial charge in [-0.15, -0.1) is 0 Å². The molecule has 1 amide bonds. The van der Waals surface area contributed by atoms with Crippen LogP contribution in [0.2, 0.25) is 5.02 Å². The first-order valence-corrected chi connectivity index (χ1v) is 8.80. The Morgan fingerprint density at radius 1 is 1.00 bits per heavy atom. The molecule has 28 heavy (non-hydrogen) atoms. The molecule has 0 aliphatic heterocycles. The smallest absolute Gasteiger partial charge is 0.335 e. The molecule has 3 rings (SSSR count). The van der Waals surface area contributed by atoms with E-state index in [4.69, 9.17) is 27.2 Å². The van der Waals surface area contributed by atoms with Crippen LogP contribution in [0.3, 0.4) is 0 Å². The summed E-state index contributed by atoms with van der Waals surface area (Å²) in [5.74, 6) is -0.990. The predicted octanol–water partition coefficient (Wildman–Crippen LogP) is 4.71.